The number of hydrogen-bond donors (Lipinski definition) is 1. The minimum atomic E-state index is -0.473. The first-order valence-electron chi connectivity index (χ1n) is 11.6. The molecule has 2 aromatic rings. The molecule has 0 unspecified atom stereocenters. The van der Waals surface area contributed by atoms with E-state index in [-0.39, 0.29) is 29.9 Å². The number of amides is 4. The van der Waals surface area contributed by atoms with Crippen LogP contribution in [-0.4, -0.2) is 59.0 Å². The minimum absolute atomic E-state index is 0.171. The largest absolute Gasteiger partial charge is 0.483 e. The van der Waals surface area contributed by atoms with E-state index < -0.39 is 11.1 Å². The second kappa shape index (κ2) is 11.7. The number of aryl methyl sites for hydroxylation is 1. The molecule has 8 nitrogen and oxygen atoms in total. The Hall–Kier alpha value is -3.11. The number of nitrogens with one attached hydrogen (secondary N) is 1. The van der Waals surface area contributed by atoms with Crippen molar-refractivity contribution in [1.82, 2.24) is 9.80 Å². The third-order valence-corrected chi connectivity index (χ3v) is 7.35. The number of anilines is 1. The Morgan fingerprint density at radius 2 is 1.81 bits per heavy atom. The van der Waals surface area contributed by atoms with Crippen LogP contribution < -0.4 is 10.1 Å². The fourth-order valence-electron chi connectivity index (χ4n) is 3.87. The molecule has 0 bridgehead atoms. The van der Waals surface area contributed by atoms with Crippen molar-refractivity contribution in [2.75, 3.05) is 31.6 Å². The first kappa shape index (κ1) is 26.0. The highest BCUT2D eigenvalue weighted by Gasteiger charge is 2.37. The van der Waals surface area contributed by atoms with Gasteiger partial charge in [0.25, 0.3) is 17.1 Å². The van der Waals surface area contributed by atoms with Gasteiger partial charge < -0.3 is 15.0 Å². The number of piperidine rings is 1. The quantitative estimate of drug-likeness (QED) is 0.478. The maximum absolute atomic E-state index is 12.8. The highest BCUT2D eigenvalue weighted by molar-refractivity contribution is 9.10. The molecule has 2 heterocycles. The first-order chi connectivity index (χ1) is 17.3. The van der Waals surface area contributed by atoms with Gasteiger partial charge in [-0.05, 0) is 89.8 Å². The van der Waals surface area contributed by atoms with E-state index in [0.29, 0.717) is 34.6 Å². The van der Waals surface area contributed by atoms with E-state index in [9.17, 15) is 19.2 Å². The Morgan fingerprint density at radius 3 is 2.50 bits per heavy atom. The topological polar surface area (TPSA) is 96.0 Å². The number of carbonyl (C=O) groups excluding carboxylic acids is 4. The van der Waals surface area contributed by atoms with Crippen molar-refractivity contribution in [3.63, 3.8) is 0 Å². The highest BCUT2D eigenvalue weighted by Crippen LogP contribution is 2.34. The average Bonchev–Trinajstić information content (AvgIpc) is 3.12. The molecule has 0 atom stereocenters. The molecule has 1 N–H and O–H groups in total. The van der Waals surface area contributed by atoms with Gasteiger partial charge in [-0.25, -0.2) is 0 Å². The smallest absolute Gasteiger partial charge is 0.294 e. The number of likely N-dealkylation sites (tertiary alicyclic amines) is 1. The Labute approximate surface area is 222 Å². The number of imide groups is 1. The van der Waals surface area contributed by atoms with E-state index >= 15 is 0 Å². The van der Waals surface area contributed by atoms with Crippen LogP contribution in [-0.2, 0) is 14.4 Å². The molecule has 4 amide bonds. The fourth-order valence-corrected chi connectivity index (χ4v) is 5.22. The third kappa shape index (κ3) is 6.55. The maximum atomic E-state index is 12.8. The minimum Gasteiger partial charge on any atom is -0.483 e. The lowest BCUT2D eigenvalue weighted by molar-refractivity contribution is -0.136. The molecule has 0 aromatic heterocycles. The maximum Gasteiger partial charge on any atom is 0.294 e. The summed E-state index contributed by atoms with van der Waals surface area (Å²) in [6.45, 7) is 2.90. The fraction of sp³-hybridized carbons (Fsp3) is 0.308. The third-order valence-electron chi connectivity index (χ3n) is 5.82. The van der Waals surface area contributed by atoms with Gasteiger partial charge in [-0.15, -0.1) is 0 Å². The van der Waals surface area contributed by atoms with Gasteiger partial charge in [-0.3, -0.25) is 24.1 Å². The number of rotatable bonds is 7. The van der Waals surface area contributed by atoms with Crippen LogP contribution in [0.4, 0.5) is 10.5 Å². The van der Waals surface area contributed by atoms with Crippen LogP contribution in [0.1, 0.15) is 30.4 Å². The summed E-state index contributed by atoms with van der Waals surface area (Å²) in [5.74, 6) is -0.498. The zero-order valence-electron chi connectivity index (χ0n) is 19.8. The van der Waals surface area contributed by atoms with Gasteiger partial charge in [0.1, 0.15) is 12.3 Å². The van der Waals surface area contributed by atoms with Gasteiger partial charge in [0.15, 0.2) is 6.61 Å². The van der Waals surface area contributed by atoms with Gasteiger partial charge in [0, 0.05) is 18.8 Å². The van der Waals surface area contributed by atoms with Crippen LogP contribution in [0.25, 0.3) is 6.08 Å². The summed E-state index contributed by atoms with van der Waals surface area (Å²) in [4.78, 5) is 52.9. The van der Waals surface area contributed by atoms with E-state index in [0.717, 1.165) is 41.5 Å². The second-order valence-corrected chi connectivity index (χ2v) is 10.4. The van der Waals surface area contributed by atoms with Gasteiger partial charge in [0.05, 0.1) is 9.38 Å². The van der Waals surface area contributed by atoms with Crippen molar-refractivity contribution >= 4 is 62.4 Å². The van der Waals surface area contributed by atoms with E-state index in [1.54, 1.807) is 29.2 Å². The van der Waals surface area contributed by atoms with Crippen LogP contribution in [0, 0.1) is 6.92 Å². The first-order valence-corrected chi connectivity index (χ1v) is 13.2. The van der Waals surface area contributed by atoms with Crippen molar-refractivity contribution in [1.29, 1.82) is 0 Å². The van der Waals surface area contributed by atoms with Crippen molar-refractivity contribution < 1.29 is 23.9 Å². The van der Waals surface area contributed by atoms with Crippen LogP contribution in [0.2, 0.25) is 0 Å². The number of halogens is 1. The summed E-state index contributed by atoms with van der Waals surface area (Å²) in [7, 11) is 0. The Kier molecular flexibility index (Phi) is 8.48. The summed E-state index contributed by atoms with van der Waals surface area (Å²) in [6.07, 6.45) is 4.59. The normalized spacial score (nSPS) is 17.0. The van der Waals surface area contributed by atoms with Crippen LogP contribution >= 0.6 is 27.7 Å². The van der Waals surface area contributed by atoms with Crippen molar-refractivity contribution in [2.24, 2.45) is 0 Å². The summed E-state index contributed by atoms with van der Waals surface area (Å²) >= 11 is 4.25. The molecule has 36 heavy (non-hydrogen) atoms. The second-order valence-electron chi connectivity index (χ2n) is 8.60. The summed E-state index contributed by atoms with van der Waals surface area (Å²) < 4.78 is 6.22. The average molecular weight is 572 g/mol. The van der Waals surface area contributed by atoms with Gasteiger partial charge in [0.2, 0.25) is 5.91 Å². The van der Waals surface area contributed by atoms with Gasteiger partial charge in [-0.2, -0.15) is 0 Å². The van der Waals surface area contributed by atoms with Gasteiger partial charge in [-0.1, -0.05) is 23.8 Å². The molecule has 2 fully saturated rings. The number of nitrogens with zero attached hydrogens (tertiary/aromatic N) is 2. The van der Waals surface area contributed by atoms with Crippen molar-refractivity contribution in [2.45, 2.75) is 26.2 Å². The molecule has 0 aliphatic carbocycles. The van der Waals surface area contributed by atoms with Crippen LogP contribution in [0.3, 0.4) is 0 Å². The lowest BCUT2D eigenvalue weighted by Gasteiger charge is -2.27. The summed E-state index contributed by atoms with van der Waals surface area (Å²) in [6, 6.07) is 12.6. The predicted molar refractivity (Wildman–Crippen MR) is 143 cm³/mol. The molecule has 0 radical (unpaired) electrons. The number of benzene rings is 2. The number of carbonyl (C=O) groups is 4. The summed E-state index contributed by atoms with van der Waals surface area (Å²) in [5.41, 5.74) is 2.46. The molecular formula is C26H26BrN3O5S. The highest BCUT2D eigenvalue weighted by atomic mass is 79.9. The van der Waals surface area contributed by atoms with Gasteiger partial charge >= 0.3 is 0 Å². The predicted octanol–water partition coefficient (Wildman–Crippen LogP) is 4.82. The summed E-state index contributed by atoms with van der Waals surface area (Å²) in [5, 5.41) is 2.32. The van der Waals surface area contributed by atoms with Crippen molar-refractivity contribution in [3.05, 3.63) is 63.0 Å². The number of ether oxygens (including phenoxy) is 1. The zero-order valence-corrected chi connectivity index (χ0v) is 22.2. The van der Waals surface area contributed by atoms with Crippen LogP contribution in [0.15, 0.2) is 51.8 Å². The number of hydrogen-bond acceptors (Lipinski definition) is 6. The SMILES string of the molecule is Cc1ccc(NC(=O)COc2ccc(/C=C3\SC(=O)N(CC(=O)N4CCCCC4)C3=O)cc2Br)cc1. The molecule has 4 rings (SSSR count). The van der Waals surface area contributed by atoms with E-state index in [2.05, 4.69) is 21.2 Å². The molecule has 2 saturated heterocycles. The van der Waals surface area contributed by atoms with Crippen molar-refractivity contribution in [3.8, 4) is 5.75 Å². The number of thioether (sulfide) groups is 1. The molecule has 2 aliphatic rings. The van der Waals surface area contributed by atoms with E-state index in [1.807, 2.05) is 31.2 Å². The van der Waals surface area contributed by atoms with E-state index in [1.165, 1.54) is 0 Å². The Bertz CT molecular complexity index is 1210. The Morgan fingerprint density at radius 1 is 1.08 bits per heavy atom. The Balaban J connectivity index is 1.34. The van der Waals surface area contributed by atoms with Crippen LogP contribution in [0.5, 0.6) is 5.75 Å². The molecule has 0 saturated carbocycles. The molecule has 0 spiro atoms. The van der Waals surface area contributed by atoms with E-state index in [4.69, 9.17) is 4.74 Å². The lowest BCUT2D eigenvalue weighted by atomic mass is 10.1. The monoisotopic (exact) mass is 571 g/mol. The molecule has 2 aliphatic heterocycles. The molecule has 188 valence electrons. The standard InChI is InChI=1S/C26H26BrN3O5S/c1-17-5-8-19(9-6-17)28-23(31)16-35-21-10-7-18(13-20(21)27)14-22-25(33)30(26(34)36-22)15-24(32)29-11-3-2-4-12-29/h5-10,13-14H,2-4,11-12,15-16H2,1H3,(H,28,31)/b22-14-. The molecule has 2 aromatic carbocycles. The molecule has 10 heteroatoms. The molecular weight excluding hydrogens is 546 g/mol. The zero-order chi connectivity index (χ0) is 25.7. The lowest BCUT2D eigenvalue weighted by Crippen LogP contribution is -2.44.